The number of fused-ring (bicyclic) bond motifs is 1. The average Bonchev–Trinajstić information content (AvgIpc) is 2.54. The lowest BCUT2D eigenvalue weighted by Gasteiger charge is -2.08. The second-order valence-corrected chi connectivity index (χ2v) is 4.54. The summed E-state index contributed by atoms with van der Waals surface area (Å²) >= 11 is 0. The normalized spacial score (nSPS) is 10.6. The van der Waals surface area contributed by atoms with Crippen molar-refractivity contribution in [3.05, 3.63) is 58.8 Å². The monoisotopic (exact) mass is 282 g/mol. The number of hydrogen-bond acceptors (Lipinski definition) is 4. The predicted molar refractivity (Wildman–Crippen MR) is 81.0 cm³/mol. The van der Waals surface area contributed by atoms with E-state index in [9.17, 15) is 4.79 Å². The van der Waals surface area contributed by atoms with Crippen LogP contribution in [0.1, 0.15) is 0 Å². The van der Waals surface area contributed by atoms with Crippen molar-refractivity contribution in [2.45, 2.75) is 0 Å². The van der Waals surface area contributed by atoms with Gasteiger partial charge in [-0.25, -0.2) is 0 Å². The van der Waals surface area contributed by atoms with Crippen molar-refractivity contribution in [2.75, 3.05) is 14.2 Å². The standard InChI is InChI=1S/C17H14O4/c1-19-11-7-8-12-14(18)10-17(21-16(12)9-11)13-5-3-4-6-15(13)20-2/h3-10H,1-2H3. The third kappa shape index (κ3) is 2.36. The highest BCUT2D eigenvalue weighted by atomic mass is 16.5. The summed E-state index contributed by atoms with van der Waals surface area (Å²) in [5.74, 6) is 1.77. The first-order valence-corrected chi connectivity index (χ1v) is 6.48. The van der Waals surface area contributed by atoms with E-state index in [0.717, 1.165) is 5.56 Å². The molecule has 1 aromatic heterocycles. The quantitative estimate of drug-likeness (QED) is 0.738. The average molecular weight is 282 g/mol. The zero-order valence-electron chi connectivity index (χ0n) is 11.8. The third-order valence-electron chi connectivity index (χ3n) is 3.31. The molecule has 0 fully saturated rings. The molecule has 4 nitrogen and oxygen atoms in total. The largest absolute Gasteiger partial charge is 0.497 e. The molecular formula is C17H14O4. The fourth-order valence-electron chi connectivity index (χ4n) is 2.24. The van der Waals surface area contributed by atoms with E-state index < -0.39 is 0 Å². The zero-order chi connectivity index (χ0) is 14.8. The Morgan fingerprint density at radius 2 is 1.76 bits per heavy atom. The molecule has 0 atom stereocenters. The van der Waals surface area contributed by atoms with Gasteiger partial charge in [0.05, 0.1) is 25.2 Å². The van der Waals surface area contributed by atoms with Crippen LogP contribution in [0.25, 0.3) is 22.3 Å². The van der Waals surface area contributed by atoms with Crippen LogP contribution in [-0.4, -0.2) is 14.2 Å². The van der Waals surface area contributed by atoms with Crippen LogP contribution in [0.15, 0.2) is 57.7 Å². The highest BCUT2D eigenvalue weighted by Crippen LogP contribution is 2.31. The number of hydrogen-bond donors (Lipinski definition) is 0. The van der Waals surface area contributed by atoms with Gasteiger partial charge in [-0.3, -0.25) is 4.79 Å². The van der Waals surface area contributed by atoms with Crippen molar-refractivity contribution in [2.24, 2.45) is 0 Å². The van der Waals surface area contributed by atoms with E-state index in [1.165, 1.54) is 6.07 Å². The van der Waals surface area contributed by atoms with E-state index in [4.69, 9.17) is 13.9 Å². The van der Waals surface area contributed by atoms with Crippen molar-refractivity contribution >= 4 is 11.0 Å². The Morgan fingerprint density at radius 1 is 0.952 bits per heavy atom. The van der Waals surface area contributed by atoms with Crippen LogP contribution >= 0.6 is 0 Å². The van der Waals surface area contributed by atoms with Gasteiger partial charge >= 0.3 is 0 Å². The van der Waals surface area contributed by atoms with Crippen molar-refractivity contribution < 1.29 is 13.9 Å². The fourth-order valence-corrected chi connectivity index (χ4v) is 2.24. The summed E-state index contributed by atoms with van der Waals surface area (Å²) in [5, 5.41) is 0.523. The molecule has 0 aliphatic carbocycles. The van der Waals surface area contributed by atoms with Gasteiger partial charge < -0.3 is 13.9 Å². The van der Waals surface area contributed by atoms with E-state index >= 15 is 0 Å². The lowest BCUT2D eigenvalue weighted by atomic mass is 10.1. The van der Waals surface area contributed by atoms with Gasteiger partial charge in [0.25, 0.3) is 0 Å². The van der Waals surface area contributed by atoms with Gasteiger partial charge in [-0.15, -0.1) is 0 Å². The molecule has 0 radical (unpaired) electrons. The minimum absolute atomic E-state index is 0.0974. The van der Waals surface area contributed by atoms with Gasteiger partial charge in [0.1, 0.15) is 22.8 Å². The molecule has 4 heteroatoms. The van der Waals surface area contributed by atoms with Gasteiger partial charge in [-0.2, -0.15) is 0 Å². The molecule has 0 saturated carbocycles. The minimum Gasteiger partial charge on any atom is -0.497 e. The van der Waals surface area contributed by atoms with Crippen LogP contribution in [0.2, 0.25) is 0 Å². The highest BCUT2D eigenvalue weighted by molar-refractivity contribution is 5.80. The summed E-state index contributed by atoms with van der Waals surface area (Å²) < 4.78 is 16.3. The number of methoxy groups -OCH3 is 2. The lowest BCUT2D eigenvalue weighted by molar-refractivity contribution is 0.413. The van der Waals surface area contributed by atoms with Crippen molar-refractivity contribution in [1.82, 2.24) is 0 Å². The lowest BCUT2D eigenvalue weighted by Crippen LogP contribution is -2.01. The van der Waals surface area contributed by atoms with E-state index in [1.807, 2.05) is 24.3 Å². The molecule has 106 valence electrons. The zero-order valence-corrected chi connectivity index (χ0v) is 11.8. The summed E-state index contributed by atoms with van der Waals surface area (Å²) in [6, 6.07) is 14.0. The number of rotatable bonds is 3. The molecule has 3 rings (SSSR count). The molecule has 0 spiro atoms. The first-order chi connectivity index (χ1) is 10.2. The van der Waals surface area contributed by atoms with Crippen LogP contribution in [0.3, 0.4) is 0 Å². The Hall–Kier alpha value is -2.75. The van der Waals surface area contributed by atoms with Gasteiger partial charge in [-0.05, 0) is 24.3 Å². The second kappa shape index (κ2) is 5.32. The maximum atomic E-state index is 12.2. The maximum Gasteiger partial charge on any atom is 0.193 e. The van der Waals surface area contributed by atoms with Crippen LogP contribution < -0.4 is 14.9 Å². The molecule has 0 saturated heterocycles. The van der Waals surface area contributed by atoms with E-state index in [-0.39, 0.29) is 5.43 Å². The summed E-state index contributed by atoms with van der Waals surface area (Å²) in [7, 11) is 3.16. The molecule has 0 unspecified atom stereocenters. The number of ether oxygens (including phenoxy) is 2. The van der Waals surface area contributed by atoms with Crippen LogP contribution in [0, 0.1) is 0 Å². The molecule has 0 aliphatic rings. The molecule has 1 heterocycles. The molecule has 0 N–H and O–H groups in total. The molecule has 0 bridgehead atoms. The van der Waals surface area contributed by atoms with Crippen molar-refractivity contribution in [3.63, 3.8) is 0 Å². The maximum absolute atomic E-state index is 12.2. The van der Waals surface area contributed by atoms with Crippen molar-refractivity contribution in [1.29, 1.82) is 0 Å². The first kappa shape index (κ1) is 13.2. The summed E-state index contributed by atoms with van der Waals surface area (Å²) in [5.41, 5.74) is 1.13. The summed E-state index contributed by atoms with van der Waals surface area (Å²) in [6.07, 6.45) is 0. The molecular weight excluding hydrogens is 268 g/mol. The Balaban J connectivity index is 2.26. The smallest absolute Gasteiger partial charge is 0.193 e. The van der Waals surface area contributed by atoms with E-state index in [0.29, 0.717) is 28.2 Å². The highest BCUT2D eigenvalue weighted by Gasteiger charge is 2.11. The molecule has 2 aromatic carbocycles. The predicted octanol–water partition coefficient (Wildman–Crippen LogP) is 3.48. The van der Waals surface area contributed by atoms with Gasteiger partial charge in [-0.1, -0.05) is 12.1 Å². The second-order valence-electron chi connectivity index (χ2n) is 4.54. The van der Waals surface area contributed by atoms with Gasteiger partial charge in [0.2, 0.25) is 0 Å². The Kier molecular flexibility index (Phi) is 3.36. The van der Waals surface area contributed by atoms with Crippen LogP contribution in [-0.2, 0) is 0 Å². The topological polar surface area (TPSA) is 48.7 Å². The van der Waals surface area contributed by atoms with E-state index in [1.54, 1.807) is 32.4 Å². The van der Waals surface area contributed by atoms with Gasteiger partial charge in [0, 0.05) is 12.1 Å². The van der Waals surface area contributed by atoms with Gasteiger partial charge in [0.15, 0.2) is 5.43 Å². The molecule has 3 aromatic rings. The first-order valence-electron chi connectivity index (χ1n) is 6.48. The molecule has 21 heavy (non-hydrogen) atoms. The fraction of sp³-hybridized carbons (Fsp3) is 0.118. The molecule has 0 amide bonds. The number of benzene rings is 2. The Morgan fingerprint density at radius 3 is 2.52 bits per heavy atom. The summed E-state index contributed by atoms with van der Waals surface area (Å²) in [4.78, 5) is 12.2. The third-order valence-corrected chi connectivity index (χ3v) is 3.31. The SMILES string of the molecule is COc1ccc2c(=O)cc(-c3ccccc3OC)oc2c1. The van der Waals surface area contributed by atoms with Crippen LogP contribution in [0.5, 0.6) is 11.5 Å². The summed E-state index contributed by atoms with van der Waals surface area (Å²) in [6.45, 7) is 0. The van der Waals surface area contributed by atoms with E-state index in [2.05, 4.69) is 0 Å². The van der Waals surface area contributed by atoms with Crippen molar-refractivity contribution in [3.8, 4) is 22.8 Å². The van der Waals surface area contributed by atoms with Crippen LogP contribution in [0.4, 0.5) is 0 Å². The molecule has 0 aliphatic heterocycles. The minimum atomic E-state index is -0.0974. The Bertz CT molecular complexity index is 849. The Labute approximate surface area is 121 Å². The number of para-hydroxylation sites is 1.